The second kappa shape index (κ2) is 13.9. The molecule has 0 radical (unpaired) electrons. The highest BCUT2D eigenvalue weighted by molar-refractivity contribution is 7.79. The van der Waals surface area contributed by atoms with Gasteiger partial charge in [0.25, 0.3) is 0 Å². The lowest BCUT2D eigenvalue weighted by Gasteiger charge is -2.37. The molecule has 0 aliphatic carbocycles. The van der Waals surface area contributed by atoms with E-state index in [2.05, 4.69) is 27.7 Å². The zero-order valence-corrected chi connectivity index (χ0v) is 19.9. The van der Waals surface area contributed by atoms with E-state index in [0.717, 1.165) is 62.7 Å². The third-order valence-electron chi connectivity index (χ3n) is 6.08. The number of hydrogen-bond acceptors (Lipinski definition) is 4. The molecule has 0 heterocycles. The van der Waals surface area contributed by atoms with Crippen LogP contribution in [-0.2, 0) is 0 Å². The second-order valence-electron chi connectivity index (χ2n) is 8.06. The molecule has 0 aromatic heterocycles. The van der Waals surface area contributed by atoms with Crippen LogP contribution in [0.3, 0.4) is 0 Å². The Labute approximate surface area is 183 Å². The van der Waals surface area contributed by atoms with Crippen molar-refractivity contribution in [1.29, 1.82) is 0 Å². The first-order valence-electron chi connectivity index (χ1n) is 11.4. The number of thiocarbonyl (C=S) groups is 1. The summed E-state index contributed by atoms with van der Waals surface area (Å²) in [5.41, 5.74) is 3.28. The van der Waals surface area contributed by atoms with Gasteiger partial charge in [0.05, 0.1) is 16.9 Å². The highest BCUT2D eigenvalue weighted by Crippen LogP contribution is 2.34. The topological polar surface area (TPSA) is 46.9 Å². The van der Waals surface area contributed by atoms with Gasteiger partial charge in [0.15, 0.2) is 0 Å². The minimum Gasteiger partial charge on any atom is -0.373 e. The molecule has 4 atom stereocenters. The molecule has 5 heteroatoms. The number of para-hydroxylation sites is 2. The minimum absolute atomic E-state index is 0.158. The van der Waals surface area contributed by atoms with Gasteiger partial charge in [0.2, 0.25) is 0 Å². The van der Waals surface area contributed by atoms with Crippen molar-refractivity contribution >= 4 is 29.1 Å². The zero-order chi connectivity index (χ0) is 21.8. The maximum Gasteiger partial charge on any atom is 0.134 e. The van der Waals surface area contributed by atoms with Gasteiger partial charge in [-0.2, -0.15) is 0 Å². The van der Waals surface area contributed by atoms with Crippen LogP contribution in [0.25, 0.3) is 0 Å². The predicted molar refractivity (Wildman–Crippen MR) is 130 cm³/mol. The van der Waals surface area contributed by atoms with Crippen LogP contribution in [0.4, 0.5) is 11.4 Å². The van der Waals surface area contributed by atoms with Crippen LogP contribution in [0, 0.1) is 11.8 Å². The Kier molecular flexibility index (Phi) is 12.4. The maximum atomic E-state index is 11.1. The molecule has 0 spiro atoms. The third-order valence-corrected chi connectivity index (χ3v) is 6.31. The number of unbranched alkanes of at least 4 members (excludes halogenated alkanes) is 2. The van der Waals surface area contributed by atoms with Crippen molar-refractivity contribution in [3.63, 3.8) is 0 Å². The predicted octanol–water partition coefficient (Wildman–Crippen LogP) is 5.96. The van der Waals surface area contributed by atoms with Crippen molar-refractivity contribution < 1.29 is 10.2 Å². The summed E-state index contributed by atoms with van der Waals surface area (Å²) in [6.07, 6.45) is 7.03. The molecule has 2 N–H and O–H groups in total. The summed E-state index contributed by atoms with van der Waals surface area (Å²) in [5.74, 6) is 0.372. The molecule has 166 valence electrons. The van der Waals surface area contributed by atoms with Gasteiger partial charge in [-0.15, -0.1) is 0 Å². The Bertz CT molecular complexity index is 584. The zero-order valence-electron chi connectivity index (χ0n) is 19.1. The normalized spacial score (nSPS) is 15.4. The van der Waals surface area contributed by atoms with Crippen LogP contribution >= 0.6 is 12.2 Å². The molecule has 0 amide bonds. The smallest absolute Gasteiger partial charge is 0.134 e. The van der Waals surface area contributed by atoms with Gasteiger partial charge in [0, 0.05) is 18.9 Å². The molecule has 4 nitrogen and oxygen atoms in total. The number of benzene rings is 1. The number of nitrogens with zero attached hydrogens (tertiary/aromatic N) is 2. The summed E-state index contributed by atoms with van der Waals surface area (Å²) >= 11 is 5.31. The largest absolute Gasteiger partial charge is 0.373 e. The Morgan fingerprint density at radius 3 is 1.79 bits per heavy atom. The average Bonchev–Trinajstić information content (AvgIpc) is 2.75. The monoisotopic (exact) mass is 422 g/mol. The third kappa shape index (κ3) is 7.23. The molecule has 0 bridgehead atoms. The first-order valence-corrected chi connectivity index (χ1v) is 11.8. The van der Waals surface area contributed by atoms with Gasteiger partial charge in [-0.05, 0) is 37.8 Å². The molecule has 0 saturated heterocycles. The van der Waals surface area contributed by atoms with Gasteiger partial charge in [-0.3, -0.25) is 0 Å². The Balaban J connectivity index is 3.15. The van der Waals surface area contributed by atoms with E-state index in [4.69, 9.17) is 12.2 Å². The fourth-order valence-corrected chi connectivity index (χ4v) is 4.23. The lowest BCUT2D eigenvalue weighted by atomic mass is 9.95. The summed E-state index contributed by atoms with van der Waals surface area (Å²) in [6, 6.07) is 7.90. The molecule has 0 aliphatic rings. The molecule has 29 heavy (non-hydrogen) atoms. The Morgan fingerprint density at radius 2 is 1.34 bits per heavy atom. The number of aliphatic hydroxyl groups excluding tert-OH is 2. The molecule has 4 unspecified atom stereocenters. The lowest BCUT2D eigenvalue weighted by molar-refractivity contribution is 0.0981. The van der Waals surface area contributed by atoms with Crippen molar-refractivity contribution in [2.24, 2.45) is 11.8 Å². The highest BCUT2D eigenvalue weighted by atomic mass is 32.1. The molecular formula is C24H42N2O2S. The Morgan fingerprint density at radius 1 is 0.862 bits per heavy atom. The molecule has 1 rings (SSSR count). The van der Waals surface area contributed by atoms with Crippen LogP contribution < -0.4 is 9.80 Å². The SMILES string of the molecule is CCCCC(CC)C(O)N(C)c1ccccc1N(C=S)C(O)C(CC)CCCC. The molecule has 1 aromatic carbocycles. The number of aliphatic hydroxyl groups is 2. The van der Waals surface area contributed by atoms with Crippen molar-refractivity contribution in [3.8, 4) is 0 Å². The summed E-state index contributed by atoms with van der Waals surface area (Å²) in [7, 11) is 1.93. The minimum atomic E-state index is -0.669. The van der Waals surface area contributed by atoms with Gasteiger partial charge >= 0.3 is 0 Å². The van der Waals surface area contributed by atoms with Gasteiger partial charge < -0.3 is 20.0 Å². The van der Waals surface area contributed by atoms with Gasteiger partial charge in [-0.1, -0.05) is 77.7 Å². The number of hydrogen-bond donors (Lipinski definition) is 2. The van der Waals surface area contributed by atoms with E-state index in [1.54, 1.807) is 10.4 Å². The summed E-state index contributed by atoms with van der Waals surface area (Å²) in [5, 5.41) is 22.2. The van der Waals surface area contributed by atoms with E-state index in [1.165, 1.54) is 0 Å². The summed E-state index contributed by atoms with van der Waals surface area (Å²) < 4.78 is 0. The van der Waals surface area contributed by atoms with Crippen LogP contribution in [0.15, 0.2) is 24.3 Å². The fourth-order valence-electron chi connectivity index (χ4n) is 3.99. The van der Waals surface area contributed by atoms with E-state index in [-0.39, 0.29) is 11.8 Å². The van der Waals surface area contributed by atoms with E-state index in [1.807, 2.05) is 36.2 Å². The maximum absolute atomic E-state index is 11.1. The second-order valence-corrected chi connectivity index (χ2v) is 8.27. The standard InChI is InChI=1S/C24H42N2O2S/c1-6-10-14-19(8-3)23(27)25(5)21-16-12-13-17-22(21)26(18-29)24(28)20(9-4)15-11-7-2/h12-13,16-20,23-24,27-28H,6-11,14-15H2,1-5H3. The van der Waals surface area contributed by atoms with Gasteiger partial charge in [0.1, 0.15) is 12.5 Å². The summed E-state index contributed by atoms with van der Waals surface area (Å²) in [6.45, 7) is 8.60. The molecule has 0 fully saturated rings. The molecule has 0 saturated carbocycles. The molecule has 0 aliphatic heterocycles. The van der Waals surface area contributed by atoms with Crippen molar-refractivity contribution in [1.82, 2.24) is 0 Å². The van der Waals surface area contributed by atoms with Crippen LogP contribution in [0.5, 0.6) is 0 Å². The molecule has 1 aromatic rings. The first-order chi connectivity index (χ1) is 14.0. The summed E-state index contributed by atoms with van der Waals surface area (Å²) in [4.78, 5) is 3.73. The average molecular weight is 423 g/mol. The van der Waals surface area contributed by atoms with Crippen molar-refractivity contribution in [3.05, 3.63) is 24.3 Å². The van der Waals surface area contributed by atoms with Crippen LogP contribution in [-0.4, -0.2) is 35.2 Å². The fraction of sp³-hybridized carbons (Fsp3) is 0.708. The van der Waals surface area contributed by atoms with Crippen molar-refractivity contribution in [2.45, 2.75) is 91.5 Å². The van der Waals surface area contributed by atoms with E-state index in [9.17, 15) is 10.2 Å². The van der Waals surface area contributed by atoms with E-state index < -0.39 is 12.5 Å². The van der Waals surface area contributed by atoms with E-state index >= 15 is 0 Å². The highest BCUT2D eigenvalue weighted by Gasteiger charge is 2.28. The van der Waals surface area contributed by atoms with Crippen molar-refractivity contribution in [2.75, 3.05) is 16.8 Å². The number of rotatable bonds is 15. The first kappa shape index (κ1) is 25.9. The quantitative estimate of drug-likeness (QED) is 0.270. The van der Waals surface area contributed by atoms with Crippen LogP contribution in [0.1, 0.15) is 79.1 Å². The van der Waals surface area contributed by atoms with Crippen LogP contribution in [0.2, 0.25) is 0 Å². The van der Waals surface area contributed by atoms with Gasteiger partial charge in [-0.25, -0.2) is 0 Å². The van der Waals surface area contributed by atoms with E-state index in [0.29, 0.717) is 0 Å². The Hall–Kier alpha value is -1.17. The number of anilines is 2. The molecular weight excluding hydrogens is 380 g/mol. The lowest BCUT2D eigenvalue weighted by Crippen LogP contribution is -2.42.